The van der Waals surface area contributed by atoms with E-state index in [4.69, 9.17) is 0 Å². The smallest absolute Gasteiger partial charge is 0.244 e. The van der Waals surface area contributed by atoms with Gasteiger partial charge in [-0.2, -0.15) is 0 Å². The molecule has 0 aliphatic carbocycles. The molecule has 0 atom stereocenters. The number of nitrogens with one attached hydrogen (secondary N) is 3. The fraction of sp³-hybridized carbons (Fsp3) is 0.429. The van der Waals surface area contributed by atoms with Crippen LogP contribution in [0.1, 0.15) is 31.4 Å². The summed E-state index contributed by atoms with van der Waals surface area (Å²) >= 11 is 0. The molecule has 19 heavy (non-hydrogen) atoms. The van der Waals surface area contributed by atoms with Gasteiger partial charge in [0, 0.05) is 19.2 Å². The van der Waals surface area contributed by atoms with Gasteiger partial charge in [-0.3, -0.25) is 15.0 Å². The summed E-state index contributed by atoms with van der Waals surface area (Å²) in [5, 5.41) is 2.84. The maximum atomic E-state index is 12.0. The Bertz CT molecular complexity index is 523. The fourth-order valence-electron chi connectivity index (χ4n) is 2.17. The fourth-order valence-corrected chi connectivity index (χ4v) is 2.17. The van der Waals surface area contributed by atoms with Gasteiger partial charge in [0.25, 0.3) is 0 Å². The summed E-state index contributed by atoms with van der Waals surface area (Å²) in [4.78, 5) is 23.4. The summed E-state index contributed by atoms with van der Waals surface area (Å²) in [5.41, 5.74) is 7.52. The van der Waals surface area contributed by atoms with Crippen LogP contribution < -0.4 is 16.2 Å². The first kappa shape index (κ1) is 13.5. The van der Waals surface area contributed by atoms with Crippen LogP contribution in [0.3, 0.4) is 0 Å². The van der Waals surface area contributed by atoms with E-state index in [0.29, 0.717) is 6.42 Å². The van der Waals surface area contributed by atoms with Crippen molar-refractivity contribution in [2.24, 2.45) is 0 Å². The Morgan fingerprint density at radius 3 is 2.74 bits per heavy atom. The number of carbonyl (C=O) groups is 2. The minimum absolute atomic E-state index is 0.0486. The van der Waals surface area contributed by atoms with Gasteiger partial charge in [-0.1, -0.05) is 12.1 Å². The molecule has 5 heteroatoms. The maximum Gasteiger partial charge on any atom is 0.244 e. The summed E-state index contributed by atoms with van der Waals surface area (Å²) in [6, 6.07) is 5.76. The number of fused-ring (bicyclic) bond motifs is 1. The average molecular weight is 261 g/mol. The van der Waals surface area contributed by atoms with Crippen LogP contribution in [-0.2, 0) is 21.4 Å². The number of anilines is 1. The second kappa shape index (κ2) is 5.01. The topological polar surface area (TPSA) is 70.2 Å². The SMILES string of the molecule is CNNC(=O)C(C)(C)c1ccc2c(c1)CCC(=O)N2. The molecule has 1 aliphatic heterocycles. The Kier molecular flexibility index (Phi) is 3.57. The Morgan fingerprint density at radius 1 is 1.32 bits per heavy atom. The first-order valence-electron chi connectivity index (χ1n) is 6.35. The van der Waals surface area contributed by atoms with Gasteiger partial charge in [0.05, 0.1) is 5.41 Å². The van der Waals surface area contributed by atoms with Gasteiger partial charge in [0.15, 0.2) is 0 Å². The highest BCUT2D eigenvalue weighted by atomic mass is 16.2. The van der Waals surface area contributed by atoms with Crippen molar-refractivity contribution in [1.29, 1.82) is 0 Å². The summed E-state index contributed by atoms with van der Waals surface area (Å²) in [6.45, 7) is 3.76. The molecule has 1 heterocycles. The van der Waals surface area contributed by atoms with E-state index in [9.17, 15) is 9.59 Å². The van der Waals surface area contributed by atoms with Crippen LogP contribution in [0.4, 0.5) is 5.69 Å². The molecular formula is C14H19N3O2. The molecule has 0 unspecified atom stereocenters. The second-order valence-corrected chi connectivity index (χ2v) is 5.25. The van der Waals surface area contributed by atoms with Crippen LogP contribution in [0.15, 0.2) is 18.2 Å². The summed E-state index contributed by atoms with van der Waals surface area (Å²) < 4.78 is 0. The highest BCUT2D eigenvalue weighted by Crippen LogP contribution is 2.30. The molecule has 3 N–H and O–H groups in total. The summed E-state index contributed by atoms with van der Waals surface area (Å²) in [7, 11) is 1.66. The molecule has 0 radical (unpaired) electrons. The molecule has 0 saturated carbocycles. The first-order valence-corrected chi connectivity index (χ1v) is 6.35. The molecule has 0 saturated heterocycles. The van der Waals surface area contributed by atoms with E-state index in [1.165, 1.54) is 0 Å². The van der Waals surface area contributed by atoms with Crippen molar-refractivity contribution in [3.8, 4) is 0 Å². The van der Waals surface area contributed by atoms with Crippen molar-refractivity contribution in [1.82, 2.24) is 10.9 Å². The maximum absolute atomic E-state index is 12.0. The van der Waals surface area contributed by atoms with Crippen molar-refractivity contribution in [2.45, 2.75) is 32.1 Å². The number of rotatable bonds is 3. The van der Waals surface area contributed by atoms with Crippen molar-refractivity contribution >= 4 is 17.5 Å². The molecule has 1 aromatic carbocycles. The quantitative estimate of drug-likeness (QED) is 0.714. The lowest BCUT2D eigenvalue weighted by atomic mass is 9.82. The van der Waals surface area contributed by atoms with E-state index < -0.39 is 5.41 Å². The van der Waals surface area contributed by atoms with E-state index in [1.807, 2.05) is 32.0 Å². The molecule has 102 valence electrons. The van der Waals surface area contributed by atoms with Gasteiger partial charge in [0.2, 0.25) is 11.8 Å². The summed E-state index contributed by atoms with van der Waals surface area (Å²) in [6.07, 6.45) is 1.22. The third kappa shape index (κ3) is 2.61. The van der Waals surface area contributed by atoms with Crippen LogP contribution in [0, 0.1) is 0 Å². The Labute approximate surface area is 112 Å². The zero-order valence-electron chi connectivity index (χ0n) is 11.5. The van der Waals surface area contributed by atoms with Crippen molar-refractivity contribution in [3.05, 3.63) is 29.3 Å². The molecular weight excluding hydrogens is 242 g/mol. The average Bonchev–Trinajstić information content (AvgIpc) is 2.38. The molecule has 5 nitrogen and oxygen atoms in total. The summed E-state index contributed by atoms with van der Waals surface area (Å²) in [5.74, 6) is -0.0396. The molecule has 0 fully saturated rings. The third-order valence-electron chi connectivity index (χ3n) is 3.53. The minimum atomic E-state index is -0.625. The lowest BCUT2D eigenvalue weighted by molar-refractivity contribution is -0.126. The van der Waals surface area contributed by atoms with Gasteiger partial charge >= 0.3 is 0 Å². The lowest BCUT2D eigenvalue weighted by Crippen LogP contribution is -2.45. The number of hydrazine groups is 1. The molecule has 1 aromatic rings. The van der Waals surface area contributed by atoms with E-state index in [1.54, 1.807) is 7.05 Å². The number of carbonyl (C=O) groups excluding carboxylic acids is 2. The monoisotopic (exact) mass is 261 g/mol. The molecule has 0 aromatic heterocycles. The van der Waals surface area contributed by atoms with E-state index in [-0.39, 0.29) is 11.8 Å². The zero-order chi connectivity index (χ0) is 14.0. The van der Waals surface area contributed by atoms with Crippen LogP contribution in [0.5, 0.6) is 0 Å². The predicted molar refractivity (Wildman–Crippen MR) is 73.6 cm³/mol. The third-order valence-corrected chi connectivity index (χ3v) is 3.53. The van der Waals surface area contributed by atoms with Crippen LogP contribution >= 0.6 is 0 Å². The Hall–Kier alpha value is -1.88. The molecule has 0 bridgehead atoms. The molecule has 2 rings (SSSR count). The molecule has 2 amide bonds. The zero-order valence-corrected chi connectivity index (χ0v) is 11.5. The van der Waals surface area contributed by atoms with E-state index >= 15 is 0 Å². The lowest BCUT2D eigenvalue weighted by Gasteiger charge is -2.26. The number of aryl methyl sites for hydroxylation is 1. The van der Waals surface area contributed by atoms with Gasteiger partial charge in [0.1, 0.15) is 0 Å². The van der Waals surface area contributed by atoms with Gasteiger partial charge < -0.3 is 5.32 Å². The van der Waals surface area contributed by atoms with Crippen molar-refractivity contribution in [2.75, 3.05) is 12.4 Å². The van der Waals surface area contributed by atoms with Gasteiger partial charge in [-0.05, 0) is 37.5 Å². The van der Waals surface area contributed by atoms with Crippen LogP contribution in [0.25, 0.3) is 0 Å². The van der Waals surface area contributed by atoms with Gasteiger partial charge in [-0.15, -0.1) is 0 Å². The number of hydrogen-bond donors (Lipinski definition) is 3. The van der Waals surface area contributed by atoms with Crippen molar-refractivity contribution < 1.29 is 9.59 Å². The standard InChI is InChI=1S/C14H19N3O2/c1-14(2,13(19)17-15-3)10-5-6-11-9(8-10)4-7-12(18)16-11/h5-6,8,15H,4,7H2,1-3H3,(H,16,18)(H,17,19). The Balaban J connectivity index is 2.31. The van der Waals surface area contributed by atoms with Crippen molar-refractivity contribution in [3.63, 3.8) is 0 Å². The highest BCUT2D eigenvalue weighted by Gasteiger charge is 2.30. The predicted octanol–water partition coefficient (Wildman–Crippen LogP) is 1.10. The largest absolute Gasteiger partial charge is 0.326 e. The second-order valence-electron chi connectivity index (χ2n) is 5.25. The number of hydrogen-bond acceptors (Lipinski definition) is 3. The van der Waals surface area contributed by atoms with Crippen LogP contribution in [0.2, 0.25) is 0 Å². The Morgan fingerprint density at radius 2 is 2.05 bits per heavy atom. The van der Waals surface area contributed by atoms with Gasteiger partial charge in [-0.25, -0.2) is 5.43 Å². The number of amides is 2. The normalized spacial score (nSPS) is 14.6. The minimum Gasteiger partial charge on any atom is -0.326 e. The number of benzene rings is 1. The molecule has 1 aliphatic rings. The first-order chi connectivity index (χ1) is 8.95. The highest BCUT2D eigenvalue weighted by molar-refractivity contribution is 5.94. The van der Waals surface area contributed by atoms with E-state index in [0.717, 1.165) is 23.2 Å². The van der Waals surface area contributed by atoms with Crippen LogP contribution in [-0.4, -0.2) is 18.9 Å². The molecule has 0 spiro atoms. The van der Waals surface area contributed by atoms with E-state index in [2.05, 4.69) is 16.2 Å².